The Morgan fingerprint density at radius 1 is 1.09 bits per heavy atom. The Morgan fingerprint density at radius 3 is 2.26 bits per heavy atom. The van der Waals surface area contributed by atoms with Crippen molar-refractivity contribution in [3.8, 4) is 0 Å². The molecule has 0 unspecified atom stereocenters. The van der Waals surface area contributed by atoms with Crippen LogP contribution in [0.25, 0.3) is 0 Å². The van der Waals surface area contributed by atoms with E-state index in [0.717, 1.165) is 23.7 Å². The molecule has 7 nitrogen and oxygen atoms in total. The molecule has 0 aliphatic heterocycles. The van der Waals surface area contributed by atoms with E-state index in [1.54, 1.807) is 0 Å². The van der Waals surface area contributed by atoms with Crippen molar-refractivity contribution in [3.63, 3.8) is 0 Å². The molecule has 0 bridgehead atoms. The topological polar surface area (TPSA) is 90.2 Å². The van der Waals surface area contributed by atoms with E-state index in [-0.39, 0.29) is 5.69 Å². The summed E-state index contributed by atoms with van der Waals surface area (Å²) in [6.07, 6.45) is 0. The summed E-state index contributed by atoms with van der Waals surface area (Å²) in [4.78, 5) is 23.2. The molecular weight excluding hydrogens is 332 g/mol. The van der Waals surface area contributed by atoms with E-state index in [1.807, 2.05) is 4.72 Å². The van der Waals surface area contributed by atoms with E-state index in [2.05, 4.69) is 0 Å². The van der Waals surface area contributed by atoms with Gasteiger partial charge in [0.25, 0.3) is 15.6 Å². The molecule has 0 aliphatic carbocycles. The zero-order valence-corrected chi connectivity index (χ0v) is 13.2. The highest BCUT2D eigenvalue weighted by molar-refractivity contribution is 7.92. The zero-order chi connectivity index (χ0) is 17.5. The van der Waals surface area contributed by atoms with Crippen molar-refractivity contribution >= 4 is 15.7 Å². The standard InChI is InChI=1S/C13H13F2N3O4S/c1-7-11(12(19)18(3)13(20)17(7)2)23(21,22)16-10-5-4-8(14)6-9(10)15/h4-6,16H,1-3H3. The Balaban J connectivity index is 2.66. The predicted molar refractivity (Wildman–Crippen MR) is 78.8 cm³/mol. The van der Waals surface area contributed by atoms with Crippen molar-refractivity contribution in [3.05, 3.63) is 56.4 Å². The zero-order valence-electron chi connectivity index (χ0n) is 12.4. The van der Waals surface area contributed by atoms with Crippen LogP contribution in [0, 0.1) is 18.6 Å². The highest BCUT2D eigenvalue weighted by atomic mass is 32.2. The van der Waals surface area contributed by atoms with Crippen LogP contribution in [0.1, 0.15) is 5.69 Å². The Hall–Kier alpha value is -2.49. The lowest BCUT2D eigenvalue weighted by atomic mass is 10.3. The third-order valence-electron chi connectivity index (χ3n) is 3.35. The van der Waals surface area contributed by atoms with Crippen molar-refractivity contribution in [2.45, 2.75) is 11.8 Å². The number of anilines is 1. The van der Waals surface area contributed by atoms with Gasteiger partial charge in [0.05, 0.1) is 5.69 Å². The molecule has 1 heterocycles. The first-order chi connectivity index (χ1) is 10.6. The third-order valence-corrected chi connectivity index (χ3v) is 4.84. The SMILES string of the molecule is Cc1c(S(=O)(=O)Nc2ccc(F)cc2F)c(=O)n(C)c(=O)n1C. The first kappa shape index (κ1) is 16.9. The van der Waals surface area contributed by atoms with Gasteiger partial charge in [-0.3, -0.25) is 18.7 Å². The van der Waals surface area contributed by atoms with Gasteiger partial charge in [-0.25, -0.2) is 22.0 Å². The molecule has 0 saturated heterocycles. The molecule has 1 aromatic carbocycles. The van der Waals surface area contributed by atoms with Crippen molar-refractivity contribution in [2.75, 3.05) is 4.72 Å². The number of nitrogens with one attached hydrogen (secondary N) is 1. The summed E-state index contributed by atoms with van der Waals surface area (Å²) in [5, 5.41) is 0. The maximum absolute atomic E-state index is 13.6. The van der Waals surface area contributed by atoms with Crippen LogP contribution in [0.4, 0.5) is 14.5 Å². The minimum Gasteiger partial charge on any atom is -0.300 e. The Labute approximate surface area is 129 Å². The third kappa shape index (κ3) is 2.89. The second-order valence-electron chi connectivity index (χ2n) is 4.85. The largest absolute Gasteiger partial charge is 0.330 e. The number of benzene rings is 1. The van der Waals surface area contributed by atoms with E-state index >= 15 is 0 Å². The fourth-order valence-electron chi connectivity index (χ4n) is 1.99. The molecule has 124 valence electrons. The van der Waals surface area contributed by atoms with Gasteiger partial charge in [-0.05, 0) is 19.1 Å². The van der Waals surface area contributed by atoms with Gasteiger partial charge >= 0.3 is 5.69 Å². The number of rotatable bonds is 3. The van der Waals surface area contributed by atoms with Crippen LogP contribution in [0.15, 0.2) is 32.7 Å². The van der Waals surface area contributed by atoms with Gasteiger partial charge < -0.3 is 0 Å². The summed E-state index contributed by atoms with van der Waals surface area (Å²) in [6, 6.07) is 2.26. The molecule has 2 rings (SSSR count). The van der Waals surface area contributed by atoms with Crippen molar-refractivity contribution in [1.82, 2.24) is 9.13 Å². The molecule has 0 aliphatic rings. The molecule has 0 fully saturated rings. The summed E-state index contributed by atoms with van der Waals surface area (Å²) < 4.78 is 54.8. The summed E-state index contributed by atoms with van der Waals surface area (Å²) in [6.45, 7) is 1.28. The summed E-state index contributed by atoms with van der Waals surface area (Å²) in [5.74, 6) is -2.01. The van der Waals surface area contributed by atoms with E-state index in [1.165, 1.54) is 14.0 Å². The Morgan fingerprint density at radius 2 is 1.70 bits per heavy atom. The first-order valence-electron chi connectivity index (χ1n) is 6.30. The fraction of sp³-hybridized carbons (Fsp3) is 0.231. The van der Waals surface area contributed by atoms with Gasteiger partial charge in [0.15, 0.2) is 4.90 Å². The second kappa shape index (κ2) is 5.61. The molecule has 10 heteroatoms. The smallest absolute Gasteiger partial charge is 0.300 e. The number of aromatic nitrogens is 2. The molecule has 2 aromatic rings. The van der Waals surface area contributed by atoms with Crippen LogP contribution >= 0.6 is 0 Å². The van der Waals surface area contributed by atoms with Crippen molar-refractivity contribution in [1.29, 1.82) is 0 Å². The summed E-state index contributed by atoms with van der Waals surface area (Å²) in [5.41, 5.74) is -2.35. The fourth-order valence-corrected chi connectivity index (χ4v) is 3.44. The van der Waals surface area contributed by atoms with Crippen molar-refractivity contribution < 1.29 is 17.2 Å². The maximum atomic E-state index is 13.6. The highest BCUT2D eigenvalue weighted by Crippen LogP contribution is 2.19. The number of halogens is 2. The Bertz CT molecular complexity index is 1010. The monoisotopic (exact) mass is 345 g/mol. The first-order valence-corrected chi connectivity index (χ1v) is 7.79. The normalized spacial score (nSPS) is 11.5. The van der Waals surface area contributed by atoms with Crippen LogP contribution in [0.3, 0.4) is 0 Å². The van der Waals surface area contributed by atoms with E-state index in [9.17, 15) is 26.8 Å². The quantitative estimate of drug-likeness (QED) is 0.876. The van der Waals surface area contributed by atoms with Crippen LogP contribution in [-0.2, 0) is 24.1 Å². The van der Waals surface area contributed by atoms with E-state index < -0.39 is 43.5 Å². The van der Waals surface area contributed by atoms with Crippen LogP contribution in [0.2, 0.25) is 0 Å². The van der Waals surface area contributed by atoms with Gasteiger partial charge in [0.1, 0.15) is 11.6 Å². The molecule has 0 atom stereocenters. The van der Waals surface area contributed by atoms with Gasteiger partial charge in [-0.2, -0.15) is 0 Å². The van der Waals surface area contributed by atoms with Gasteiger partial charge in [-0.15, -0.1) is 0 Å². The minimum absolute atomic E-state index is 0.104. The highest BCUT2D eigenvalue weighted by Gasteiger charge is 2.26. The lowest BCUT2D eigenvalue weighted by molar-refractivity contribution is 0.577. The predicted octanol–water partition coefficient (Wildman–Crippen LogP) is 0.471. The van der Waals surface area contributed by atoms with Gasteiger partial charge in [-0.1, -0.05) is 0 Å². The van der Waals surface area contributed by atoms with Crippen LogP contribution in [-0.4, -0.2) is 17.6 Å². The Kier molecular flexibility index (Phi) is 4.12. The molecular formula is C13H13F2N3O4S. The maximum Gasteiger partial charge on any atom is 0.330 e. The average Bonchev–Trinajstić information content (AvgIpc) is 2.46. The van der Waals surface area contributed by atoms with Crippen LogP contribution < -0.4 is 16.0 Å². The molecule has 0 saturated carbocycles. The lowest BCUT2D eigenvalue weighted by Crippen LogP contribution is -2.42. The molecule has 0 amide bonds. The molecule has 23 heavy (non-hydrogen) atoms. The van der Waals surface area contributed by atoms with Crippen molar-refractivity contribution in [2.24, 2.45) is 14.1 Å². The minimum atomic E-state index is -4.48. The lowest BCUT2D eigenvalue weighted by Gasteiger charge is -2.14. The molecule has 0 radical (unpaired) electrons. The second-order valence-corrected chi connectivity index (χ2v) is 6.47. The van der Waals surface area contributed by atoms with Crippen LogP contribution in [0.5, 0.6) is 0 Å². The molecule has 0 spiro atoms. The van der Waals surface area contributed by atoms with E-state index in [0.29, 0.717) is 10.6 Å². The number of sulfonamides is 1. The summed E-state index contributed by atoms with van der Waals surface area (Å²) >= 11 is 0. The summed E-state index contributed by atoms with van der Waals surface area (Å²) in [7, 11) is -2.05. The van der Waals surface area contributed by atoms with Gasteiger partial charge in [0.2, 0.25) is 0 Å². The average molecular weight is 345 g/mol. The molecule has 1 N–H and O–H groups in total. The number of hydrogen-bond donors (Lipinski definition) is 1. The number of hydrogen-bond acceptors (Lipinski definition) is 4. The van der Waals surface area contributed by atoms with E-state index in [4.69, 9.17) is 0 Å². The van der Waals surface area contributed by atoms with Gasteiger partial charge in [0, 0.05) is 25.9 Å². The molecule has 1 aromatic heterocycles. The number of nitrogens with zero attached hydrogens (tertiary/aromatic N) is 2.